The predicted molar refractivity (Wildman–Crippen MR) is 237 cm³/mol. The molecule has 0 aliphatic heterocycles. The van der Waals surface area contributed by atoms with Gasteiger partial charge in [-0.25, -0.2) is 0 Å². The molecule has 0 aromatic heterocycles. The van der Waals surface area contributed by atoms with Crippen molar-refractivity contribution in [1.29, 1.82) is 0 Å². The van der Waals surface area contributed by atoms with Crippen LogP contribution in [0.15, 0.2) is 48.6 Å². The van der Waals surface area contributed by atoms with Gasteiger partial charge in [0.15, 0.2) is 0 Å². The molecule has 0 saturated carbocycles. The van der Waals surface area contributed by atoms with Crippen LogP contribution in [0.5, 0.6) is 0 Å². The average molecular weight is 797 g/mol. The number of aliphatic carboxylic acids is 2. The van der Waals surface area contributed by atoms with Gasteiger partial charge < -0.3 is 19.8 Å². The average Bonchev–Trinajstić information content (AvgIpc) is 3.16. The molecule has 55 heavy (non-hydrogen) atoms. The molecule has 0 saturated heterocycles. The minimum absolute atomic E-state index is 0. The maximum absolute atomic E-state index is 11.4. The van der Waals surface area contributed by atoms with Gasteiger partial charge in [0.2, 0.25) is 0 Å². The smallest absolute Gasteiger partial charge is 0.549 e. The Bertz CT molecular complexity index is 830. The second kappa shape index (κ2) is 44.2. The van der Waals surface area contributed by atoms with Crippen LogP contribution in [0, 0.1) is 0 Å². The van der Waals surface area contributed by atoms with Gasteiger partial charge in [-0.3, -0.25) is 9.80 Å². The first-order valence-electron chi connectivity index (χ1n) is 22.7. The van der Waals surface area contributed by atoms with Gasteiger partial charge in [-0.2, -0.15) is 0 Å². The van der Waals surface area contributed by atoms with E-state index in [2.05, 4.69) is 114 Å². The fraction of sp³-hybridized carbons (Fsp3) is 0.792. The molecule has 0 amide bonds. The first kappa shape index (κ1) is 58.4. The monoisotopic (exact) mass is 797 g/mol. The van der Waals surface area contributed by atoms with Crippen LogP contribution in [-0.4, -0.2) is 96.7 Å². The summed E-state index contributed by atoms with van der Waals surface area (Å²) in [4.78, 5) is 27.1. The van der Waals surface area contributed by atoms with E-state index >= 15 is 0 Å². The minimum atomic E-state index is -0.967. The molecule has 0 aliphatic rings. The molecule has 0 spiro atoms. The first-order chi connectivity index (χ1) is 26.2. The zero-order valence-electron chi connectivity index (χ0n) is 37.5. The predicted octanol–water partition coefficient (Wildman–Crippen LogP) is 10.9. The maximum Gasteiger partial charge on any atom is 2.00 e. The van der Waals surface area contributed by atoms with Crippen molar-refractivity contribution in [3.05, 3.63) is 48.6 Å². The molecule has 0 rings (SSSR count). The van der Waals surface area contributed by atoms with Gasteiger partial charge in [0, 0.05) is 37.3 Å². The van der Waals surface area contributed by atoms with Crippen molar-refractivity contribution >= 4 is 49.7 Å². The molecule has 4 unspecified atom stereocenters. The minimum Gasteiger partial charge on any atom is -0.549 e. The van der Waals surface area contributed by atoms with Gasteiger partial charge in [-0.1, -0.05) is 155 Å². The Morgan fingerprint density at radius 1 is 0.400 bits per heavy atom. The van der Waals surface area contributed by atoms with Gasteiger partial charge in [-0.05, 0) is 103 Å². The van der Waals surface area contributed by atoms with E-state index in [0.717, 1.165) is 77.0 Å². The van der Waals surface area contributed by atoms with Crippen molar-refractivity contribution in [1.82, 2.24) is 9.80 Å². The van der Waals surface area contributed by atoms with Gasteiger partial charge in [0.05, 0.1) is 11.9 Å². The molecule has 0 N–H and O–H groups in total. The summed E-state index contributed by atoms with van der Waals surface area (Å²) in [6.45, 7) is 17.6. The maximum atomic E-state index is 11.4. The number of carbonyl (C=O) groups is 2. The fourth-order valence-corrected chi connectivity index (χ4v) is 7.09. The second-order valence-corrected chi connectivity index (χ2v) is 15.1. The van der Waals surface area contributed by atoms with E-state index in [4.69, 9.17) is 0 Å². The molecule has 0 aromatic carbocycles. The van der Waals surface area contributed by atoms with Crippen molar-refractivity contribution in [2.75, 3.05) is 13.1 Å². The molecule has 6 nitrogen and oxygen atoms in total. The van der Waals surface area contributed by atoms with Crippen LogP contribution >= 0.6 is 0 Å². The van der Waals surface area contributed by atoms with Gasteiger partial charge in [0.25, 0.3) is 0 Å². The Morgan fingerprint density at radius 3 is 0.782 bits per heavy atom. The number of hydrogen-bond donors (Lipinski definition) is 0. The van der Waals surface area contributed by atoms with E-state index in [-0.39, 0.29) is 75.0 Å². The summed E-state index contributed by atoms with van der Waals surface area (Å²) in [5.74, 6) is -1.93. The summed E-state index contributed by atoms with van der Waals surface area (Å²) in [6, 6.07) is 1.07. The van der Waals surface area contributed by atoms with Crippen molar-refractivity contribution in [2.45, 2.75) is 234 Å². The number of unbranched alkanes of at least 4 members (excludes halogenated alkanes) is 12. The first-order valence-corrected chi connectivity index (χ1v) is 22.7. The topological polar surface area (TPSA) is 86.7 Å². The van der Waals surface area contributed by atoms with Crippen molar-refractivity contribution in [3.63, 3.8) is 0 Å². The zero-order valence-corrected chi connectivity index (χ0v) is 39.8. The van der Waals surface area contributed by atoms with E-state index in [1.807, 2.05) is 0 Å². The molecular weight excluding hydrogens is 709 g/mol. The van der Waals surface area contributed by atoms with Gasteiger partial charge in [0.1, 0.15) is 0 Å². The molecule has 7 heteroatoms. The number of rotatable bonds is 36. The standard InChI is InChI=1S/2C24H45NO2.Ca/c2*1-5-9-11-13-15-17-19-22(7-3)25(21-24(26)27)23(8-4)20-18-16-14-12-10-6-2;/h2*15-18,22-23H,5-14,19-21H2,1-4H3,(H,26,27);/q;;+2/p-2/b2*17-15+,18-16+;. The summed E-state index contributed by atoms with van der Waals surface area (Å²) in [7, 11) is 0. The molecule has 316 valence electrons. The molecule has 0 radical (unpaired) electrons. The summed E-state index contributed by atoms with van der Waals surface area (Å²) >= 11 is 0. The van der Waals surface area contributed by atoms with Crippen LogP contribution in [-0.2, 0) is 9.59 Å². The van der Waals surface area contributed by atoms with Crippen molar-refractivity contribution < 1.29 is 19.8 Å². The third-order valence-corrected chi connectivity index (χ3v) is 10.6. The molecule has 0 aliphatic carbocycles. The number of carboxylic acids is 2. The second-order valence-electron chi connectivity index (χ2n) is 15.1. The number of carboxylic acid groups (broad SMARTS) is 2. The van der Waals surface area contributed by atoms with Crippen LogP contribution in [0.2, 0.25) is 0 Å². The summed E-state index contributed by atoms with van der Waals surface area (Å²) in [5, 5.41) is 22.7. The fourth-order valence-electron chi connectivity index (χ4n) is 7.09. The number of carbonyl (C=O) groups excluding carboxylic acids is 2. The Kier molecular flexibility index (Phi) is 46.9. The van der Waals surface area contributed by atoms with Crippen LogP contribution in [0.1, 0.15) is 209 Å². The third-order valence-electron chi connectivity index (χ3n) is 10.6. The molecular formula is C48H88CaN2O4. The third kappa shape index (κ3) is 34.8. The number of hydrogen-bond acceptors (Lipinski definition) is 6. The Balaban J connectivity index is -0.000000966. The summed E-state index contributed by atoms with van der Waals surface area (Å²) in [5.41, 5.74) is 0. The Morgan fingerprint density at radius 2 is 0.618 bits per heavy atom. The quantitative estimate of drug-likeness (QED) is 0.0356. The van der Waals surface area contributed by atoms with Crippen molar-refractivity contribution in [2.24, 2.45) is 0 Å². The van der Waals surface area contributed by atoms with E-state index < -0.39 is 11.9 Å². The largest absolute Gasteiger partial charge is 2.00 e. The van der Waals surface area contributed by atoms with Crippen molar-refractivity contribution in [3.8, 4) is 0 Å². The van der Waals surface area contributed by atoms with E-state index in [1.165, 1.54) is 77.0 Å². The number of allylic oxidation sites excluding steroid dienone is 4. The number of nitrogens with zero attached hydrogens (tertiary/aromatic N) is 2. The van der Waals surface area contributed by atoms with Crippen LogP contribution < -0.4 is 10.2 Å². The van der Waals surface area contributed by atoms with Crippen LogP contribution in [0.25, 0.3) is 0 Å². The summed E-state index contributed by atoms with van der Waals surface area (Å²) < 4.78 is 0. The summed E-state index contributed by atoms with van der Waals surface area (Å²) in [6.07, 6.45) is 45.2. The Labute approximate surface area is 372 Å². The van der Waals surface area contributed by atoms with Crippen LogP contribution in [0.4, 0.5) is 0 Å². The molecule has 0 aromatic rings. The zero-order chi connectivity index (χ0) is 40.7. The van der Waals surface area contributed by atoms with Gasteiger partial charge in [-0.15, -0.1) is 0 Å². The molecule has 0 fully saturated rings. The van der Waals surface area contributed by atoms with E-state index in [9.17, 15) is 19.8 Å². The van der Waals surface area contributed by atoms with Gasteiger partial charge >= 0.3 is 37.7 Å². The molecule has 0 bridgehead atoms. The van der Waals surface area contributed by atoms with E-state index in [1.54, 1.807) is 0 Å². The van der Waals surface area contributed by atoms with Crippen LogP contribution in [0.3, 0.4) is 0 Å². The molecule has 0 heterocycles. The van der Waals surface area contributed by atoms with E-state index in [0.29, 0.717) is 0 Å². The normalized spacial score (nSPS) is 14.1. The Hall–Kier alpha value is -0.920. The SMILES string of the molecule is CCCCC/C=C/CC(CC)N(CC(=O)[O-])C(CC)C/C=C/CCCCC.CCCCC/C=C/CC(CC)N(CC(=O)[O-])C(CC)C/C=C/CCCCC.[Ca+2]. The molecule has 4 atom stereocenters.